The summed E-state index contributed by atoms with van der Waals surface area (Å²) >= 11 is 1.73. The second-order valence-corrected chi connectivity index (χ2v) is 5.66. The Labute approximate surface area is 104 Å². The third-order valence-corrected chi connectivity index (χ3v) is 4.16. The molecule has 1 aromatic heterocycles. The minimum atomic E-state index is -0.424. The number of benzene rings is 1. The van der Waals surface area contributed by atoms with Crippen molar-refractivity contribution in [2.45, 2.75) is 25.6 Å². The smallest absolute Gasteiger partial charge is 0.136 e. The Morgan fingerprint density at radius 1 is 1.24 bits per heavy atom. The molecule has 2 aromatic rings. The Bertz CT molecular complexity index is 533. The molecule has 2 heterocycles. The maximum absolute atomic E-state index is 10.1. The number of hydrogen-bond acceptors (Lipinski definition) is 3. The van der Waals surface area contributed by atoms with Crippen molar-refractivity contribution < 1.29 is 9.84 Å². The molecule has 1 aromatic carbocycles. The maximum atomic E-state index is 10.1. The summed E-state index contributed by atoms with van der Waals surface area (Å²) in [6.07, 6.45) is 0.197. The third-order valence-electron chi connectivity index (χ3n) is 3.06. The lowest BCUT2D eigenvalue weighted by atomic mass is 9.98. The van der Waals surface area contributed by atoms with E-state index in [1.165, 1.54) is 9.75 Å². The summed E-state index contributed by atoms with van der Waals surface area (Å²) in [4.78, 5) is 2.47. The van der Waals surface area contributed by atoms with E-state index >= 15 is 0 Å². The second-order valence-electron chi connectivity index (χ2n) is 4.34. The number of fused-ring (bicyclic) bond motifs is 1. The van der Waals surface area contributed by atoms with Gasteiger partial charge in [0, 0.05) is 21.7 Å². The van der Waals surface area contributed by atoms with Crippen molar-refractivity contribution in [1.82, 2.24) is 0 Å². The van der Waals surface area contributed by atoms with Crippen LogP contribution >= 0.6 is 11.3 Å². The highest BCUT2D eigenvalue weighted by Crippen LogP contribution is 2.41. The van der Waals surface area contributed by atoms with Gasteiger partial charge in [0.2, 0.25) is 0 Å². The van der Waals surface area contributed by atoms with E-state index < -0.39 is 6.10 Å². The molecule has 1 aliphatic rings. The molecule has 1 aliphatic heterocycles. The molecule has 2 atom stereocenters. The highest BCUT2D eigenvalue weighted by molar-refractivity contribution is 7.12. The van der Waals surface area contributed by atoms with Crippen molar-refractivity contribution in [3.05, 3.63) is 51.7 Å². The quantitative estimate of drug-likeness (QED) is 0.832. The third kappa shape index (κ3) is 1.96. The molecule has 1 N–H and O–H groups in total. The average Bonchev–Trinajstić information content (AvgIpc) is 2.76. The van der Waals surface area contributed by atoms with Crippen LogP contribution in [0.4, 0.5) is 0 Å². The molecule has 88 valence electrons. The zero-order valence-electron chi connectivity index (χ0n) is 9.59. The molecule has 0 saturated heterocycles. The number of aryl methyl sites for hydroxylation is 1. The Balaban J connectivity index is 1.93. The van der Waals surface area contributed by atoms with Gasteiger partial charge in [0.25, 0.3) is 0 Å². The number of para-hydroxylation sites is 1. The predicted molar refractivity (Wildman–Crippen MR) is 68.4 cm³/mol. The van der Waals surface area contributed by atoms with Crippen molar-refractivity contribution >= 4 is 11.3 Å². The van der Waals surface area contributed by atoms with Gasteiger partial charge in [-0.25, -0.2) is 0 Å². The molecular formula is C14H14O2S. The zero-order chi connectivity index (χ0) is 11.8. The SMILES string of the molecule is Cc1ccc(C2CC(O)c3ccccc3O2)s1. The summed E-state index contributed by atoms with van der Waals surface area (Å²) in [5, 5.41) is 10.1. The molecule has 0 spiro atoms. The van der Waals surface area contributed by atoms with Crippen molar-refractivity contribution in [2.75, 3.05) is 0 Å². The van der Waals surface area contributed by atoms with Crippen LogP contribution in [0.15, 0.2) is 36.4 Å². The van der Waals surface area contributed by atoms with E-state index in [1.807, 2.05) is 24.3 Å². The van der Waals surface area contributed by atoms with E-state index in [2.05, 4.69) is 19.1 Å². The molecule has 2 nitrogen and oxygen atoms in total. The van der Waals surface area contributed by atoms with Crippen LogP contribution in [-0.2, 0) is 0 Å². The summed E-state index contributed by atoms with van der Waals surface area (Å²) in [6, 6.07) is 11.9. The predicted octanol–water partition coefficient (Wildman–Crippen LogP) is 3.61. The van der Waals surface area contributed by atoms with Gasteiger partial charge in [0.1, 0.15) is 11.9 Å². The number of aliphatic hydroxyl groups excluding tert-OH is 1. The van der Waals surface area contributed by atoms with E-state index in [0.29, 0.717) is 6.42 Å². The number of ether oxygens (including phenoxy) is 1. The fraction of sp³-hybridized carbons (Fsp3) is 0.286. The van der Waals surface area contributed by atoms with E-state index in [4.69, 9.17) is 4.74 Å². The lowest BCUT2D eigenvalue weighted by Gasteiger charge is -2.28. The molecular weight excluding hydrogens is 232 g/mol. The van der Waals surface area contributed by atoms with Crippen molar-refractivity contribution in [3.8, 4) is 5.75 Å². The Morgan fingerprint density at radius 3 is 2.82 bits per heavy atom. The normalized spacial score (nSPS) is 22.9. The van der Waals surface area contributed by atoms with Crippen LogP contribution in [0.2, 0.25) is 0 Å². The first-order valence-electron chi connectivity index (χ1n) is 5.74. The van der Waals surface area contributed by atoms with Crippen LogP contribution in [-0.4, -0.2) is 5.11 Å². The minimum absolute atomic E-state index is 0.0152. The Morgan fingerprint density at radius 2 is 2.06 bits per heavy atom. The fourth-order valence-corrected chi connectivity index (χ4v) is 3.11. The zero-order valence-corrected chi connectivity index (χ0v) is 10.4. The molecule has 0 amide bonds. The molecule has 3 rings (SSSR count). The number of hydrogen-bond donors (Lipinski definition) is 1. The molecule has 17 heavy (non-hydrogen) atoms. The van der Waals surface area contributed by atoms with Crippen LogP contribution in [0.5, 0.6) is 5.75 Å². The molecule has 3 heteroatoms. The van der Waals surface area contributed by atoms with Crippen LogP contribution in [0.1, 0.15) is 33.9 Å². The van der Waals surface area contributed by atoms with Crippen LogP contribution in [0.25, 0.3) is 0 Å². The summed E-state index contributed by atoms with van der Waals surface area (Å²) < 4.78 is 5.95. The molecule has 0 bridgehead atoms. The lowest BCUT2D eigenvalue weighted by molar-refractivity contribution is 0.0674. The minimum Gasteiger partial charge on any atom is -0.484 e. The topological polar surface area (TPSA) is 29.5 Å². The second kappa shape index (κ2) is 4.17. The van der Waals surface area contributed by atoms with Gasteiger partial charge in [-0.05, 0) is 25.1 Å². The average molecular weight is 246 g/mol. The van der Waals surface area contributed by atoms with Crippen molar-refractivity contribution in [3.63, 3.8) is 0 Å². The highest BCUT2D eigenvalue weighted by Gasteiger charge is 2.28. The molecule has 0 fully saturated rings. The Hall–Kier alpha value is -1.32. The van der Waals surface area contributed by atoms with Crippen LogP contribution in [0.3, 0.4) is 0 Å². The first-order chi connectivity index (χ1) is 8.24. The van der Waals surface area contributed by atoms with Gasteiger partial charge in [-0.15, -0.1) is 11.3 Å². The van der Waals surface area contributed by atoms with Gasteiger partial charge >= 0.3 is 0 Å². The summed E-state index contributed by atoms with van der Waals surface area (Å²) in [5.41, 5.74) is 0.900. The first-order valence-corrected chi connectivity index (χ1v) is 6.55. The van der Waals surface area contributed by atoms with E-state index in [0.717, 1.165) is 11.3 Å². The Kier molecular flexibility index (Phi) is 2.65. The van der Waals surface area contributed by atoms with Gasteiger partial charge in [-0.1, -0.05) is 18.2 Å². The van der Waals surface area contributed by atoms with E-state index in [9.17, 15) is 5.11 Å². The highest BCUT2D eigenvalue weighted by atomic mass is 32.1. The fourth-order valence-electron chi connectivity index (χ4n) is 2.19. The van der Waals surface area contributed by atoms with Gasteiger partial charge in [-0.3, -0.25) is 0 Å². The van der Waals surface area contributed by atoms with Crippen LogP contribution < -0.4 is 4.74 Å². The summed E-state index contributed by atoms with van der Waals surface area (Å²) in [6.45, 7) is 2.08. The van der Waals surface area contributed by atoms with Gasteiger partial charge in [0.05, 0.1) is 6.10 Å². The largest absolute Gasteiger partial charge is 0.484 e. The van der Waals surface area contributed by atoms with Gasteiger partial charge in [-0.2, -0.15) is 0 Å². The summed E-state index contributed by atoms with van der Waals surface area (Å²) in [5.74, 6) is 0.808. The maximum Gasteiger partial charge on any atom is 0.136 e. The van der Waals surface area contributed by atoms with E-state index in [1.54, 1.807) is 11.3 Å². The van der Waals surface area contributed by atoms with E-state index in [-0.39, 0.29) is 6.10 Å². The van der Waals surface area contributed by atoms with Crippen molar-refractivity contribution in [2.24, 2.45) is 0 Å². The number of aliphatic hydroxyl groups is 1. The standard InChI is InChI=1S/C14H14O2S/c1-9-6-7-14(17-9)13-8-11(15)10-4-2-3-5-12(10)16-13/h2-7,11,13,15H,8H2,1H3. The lowest BCUT2D eigenvalue weighted by Crippen LogP contribution is -2.18. The monoisotopic (exact) mass is 246 g/mol. The molecule has 0 aliphatic carbocycles. The van der Waals surface area contributed by atoms with Crippen LogP contribution in [0, 0.1) is 6.92 Å². The van der Waals surface area contributed by atoms with Gasteiger partial charge in [0.15, 0.2) is 0 Å². The van der Waals surface area contributed by atoms with Crippen molar-refractivity contribution in [1.29, 1.82) is 0 Å². The number of rotatable bonds is 1. The first kappa shape index (κ1) is 10.8. The summed E-state index contributed by atoms with van der Waals surface area (Å²) in [7, 11) is 0. The molecule has 0 radical (unpaired) electrons. The van der Waals surface area contributed by atoms with Gasteiger partial charge < -0.3 is 9.84 Å². The molecule has 0 saturated carbocycles. The number of thiophene rings is 1. The molecule has 2 unspecified atom stereocenters.